The standard InChI is InChI=1S/C13H10N4O5/c1-6-10(13(20)21-2)7(5-14)12(22-6)15-11(19)8-3-4-9(18)17-16-8/h3-4H,1-2H3,(H,15,19)(H,17,18). The highest BCUT2D eigenvalue weighted by Gasteiger charge is 2.25. The Hall–Kier alpha value is -3.41. The number of nitriles is 1. The molecule has 2 aromatic rings. The maximum atomic E-state index is 12.0. The Bertz CT molecular complexity index is 823. The monoisotopic (exact) mass is 302 g/mol. The lowest BCUT2D eigenvalue weighted by Gasteiger charge is -2.01. The van der Waals surface area contributed by atoms with Gasteiger partial charge in [-0.15, -0.1) is 0 Å². The van der Waals surface area contributed by atoms with E-state index in [2.05, 4.69) is 20.3 Å². The number of aryl methyl sites for hydroxylation is 1. The number of furan rings is 1. The van der Waals surface area contributed by atoms with Crippen LogP contribution in [-0.2, 0) is 4.74 Å². The number of anilines is 1. The number of hydrogen-bond acceptors (Lipinski definition) is 7. The van der Waals surface area contributed by atoms with Crippen molar-refractivity contribution in [2.75, 3.05) is 12.4 Å². The van der Waals surface area contributed by atoms with Crippen LogP contribution in [0.25, 0.3) is 0 Å². The van der Waals surface area contributed by atoms with Crippen LogP contribution in [0, 0.1) is 18.3 Å². The van der Waals surface area contributed by atoms with E-state index in [0.29, 0.717) is 0 Å². The number of aromatic nitrogens is 2. The highest BCUT2D eigenvalue weighted by atomic mass is 16.5. The first-order valence-corrected chi connectivity index (χ1v) is 5.96. The van der Waals surface area contributed by atoms with E-state index >= 15 is 0 Å². The summed E-state index contributed by atoms with van der Waals surface area (Å²) in [5.74, 6) is -1.52. The van der Waals surface area contributed by atoms with Gasteiger partial charge in [-0.1, -0.05) is 0 Å². The van der Waals surface area contributed by atoms with Crippen molar-refractivity contribution in [1.29, 1.82) is 5.26 Å². The number of aromatic amines is 1. The van der Waals surface area contributed by atoms with Crippen molar-refractivity contribution in [3.8, 4) is 6.07 Å². The third-order valence-electron chi connectivity index (χ3n) is 2.72. The summed E-state index contributed by atoms with van der Waals surface area (Å²) in [6, 6.07) is 4.11. The molecule has 2 heterocycles. The first kappa shape index (κ1) is 15.0. The van der Waals surface area contributed by atoms with E-state index in [1.807, 2.05) is 0 Å². The van der Waals surface area contributed by atoms with Crippen molar-refractivity contribution in [3.63, 3.8) is 0 Å². The Labute approximate surface area is 123 Å². The van der Waals surface area contributed by atoms with Crippen molar-refractivity contribution < 1.29 is 18.7 Å². The molecule has 22 heavy (non-hydrogen) atoms. The number of amides is 1. The van der Waals surface area contributed by atoms with Crippen LogP contribution in [0.3, 0.4) is 0 Å². The lowest BCUT2D eigenvalue weighted by Crippen LogP contribution is -2.17. The number of ether oxygens (including phenoxy) is 1. The molecular weight excluding hydrogens is 292 g/mol. The van der Waals surface area contributed by atoms with Gasteiger partial charge in [0.1, 0.15) is 28.7 Å². The number of nitrogens with one attached hydrogen (secondary N) is 2. The minimum atomic E-state index is -0.750. The van der Waals surface area contributed by atoms with Gasteiger partial charge in [0.15, 0.2) is 0 Å². The van der Waals surface area contributed by atoms with E-state index in [4.69, 9.17) is 9.68 Å². The highest BCUT2D eigenvalue weighted by Crippen LogP contribution is 2.27. The fourth-order valence-corrected chi connectivity index (χ4v) is 1.73. The first-order valence-electron chi connectivity index (χ1n) is 5.96. The molecule has 0 atom stereocenters. The molecule has 2 aromatic heterocycles. The van der Waals surface area contributed by atoms with Crippen LogP contribution >= 0.6 is 0 Å². The fourth-order valence-electron chi connectivity index (χ4n) is 1.73. The molecule has 2 N–H and O–H groups in total. The predicted octanol–water partition coefficient (Wildman–Crippen LogP) is 0.582. The second-order valence-corrected chi connectivity index (χ2v) is 4.10. The predicted molar refractivity (Wildman–Crippen MR) is 72.3 cm³/mol. The van der Waals surface area contributed by atoms with Gasteiger partial charge in [0.2, 0.25) is 5.88 Å². The van der Waals surface area contributed by atoms with E-state index in [0.717, 1.165) is 6.07 Å². The van der Waals surface area contributed by atoms with Gasteiger partial charge in [-0.3, -0.25) is 14.9 Å². The number of H-pyrrole nitrogens is 1. The smallest absolute Gasteiger partial charge is 0.342 e. The molecule has 0 bridgehead atoms. The zero-order valence-corrected chi connectivity index (χ0v) is 11.6. The Balaban J connectivity index is 2.36. The number of nitrogens with zero attached hydrogens (tertiary/aromatic N) is 2. The SMILES string of the molecule is COC(=O)c1c(C)oc(NC(=O)c2ccc(=O)[nH]n2)c1C#N. The molecule has 9 heteroatoms. The molecule has 0 fully saturated rings. The van der Waals surface area contributed by atoms with Gasteiger partial charge in [0.05, 0.1) is 7.11 Å². The van der Waals surface area contributed by atoms with Crippen LogP contribution in [0.5, 0.6) is 0 Å². The fraction of sp³-hybridized carbons (Fsp3) is 0.154. The number of carbonyl (C=O) groups is 2. The molecule has 0 aliphatic carbocycles. The van der Waals surface area contributed by atoms with Gasteiger partial charge in [-0.05, 0) is 13.0 Å². The van der Waals surface area contributed by atoms with E-state index in [9.17, 15) is 14.4 Å². The molecule has 0 aliphatic rings. The third kappa shape index (κ3) is 2.71. The molecule has 0 saturated heterocycles. The van der Waals surface area contributed by atoms with Crippen molar-refractivity contribution >= 4 is 17.8 Å². The molecule has 112 valence electrons. The Morgan fingerprint density at radius 3 is 2.73 bits per heavy atom. The number of rotatable bonds is 3. The summed E-state index contributed by atoms with van der Waals surface area (Å²) in [5, 5.41) is 17.1. The number of carbonyl (C=O) groups excluding carboxylic acids is 2. The second kappa shape index (κ2) is 5.92. The van der Waals surface area contributed by atoms with Crippen LogP contribution in [-0.4, -0.2) is 29.2 Å². The van der Waals surface area contributed by atoms with E-state index in [1.54, 1.807) is 6.07 Å². The number of methoxy groups -OCH3 is 1. The maximum Gasteiger partial charge on any atom is 0.342 e. The Morgan fingerprint density at radius 2 is 2.18 bits per heavy atom. The average Bonchev–Trinajstić information content (AvgIpc) is 2.82. The highest BCUT2D eigenvalue weighted by molar-refractivity contribution is 6.04. The van der Waals surface area contributed by atoms with Crippen molar-refractivity contribution in [1.82, 2.24) is 10.2 Å². The minimum Gasteiger partial charge on any atom is -0.465 e. The lowest BCUT2D eigenvalue weighted by molar-refractivity contribution is 0.0598. The lowest BCUT2D eigenvalue weighted by atomic mass is 10.1. The third-order valence-corrected chi connectivity index (χ3v) is 2.72. The van der Waals surface area contributed by atoms with Crippen LogP contribution in [0.2, 0.25) is 0 Å². The van der Waals surface area contributed by atoms with Crippen LogP contribution < -0.4 is 10.9 Å². The summed E-state index contributed by atoms with van der Waals surface area (Å²) in [5.41, 5.74) is -0.759. The largest absolute Gasteiger partial charge is 0.465 e. The molecule has 2 rings (SSSR count). The first-order chi connectivity index (χ1) is 10.5. The van der Waals surface area contributed by atoms with Gasteiger partial charge >= 0.3 is 5.97 Å². The molecule has 0 aromatic carbocycles. The Kier molecular flexibility index (Phi) is 4.04. The molecular formula is C13H10N4O5. The normalized spacial score (nSPS) is 9.86. The molecule has 0 radical (unpaired) electrons. The van der Waals surface area contributed by atoms with Gasteiger partial charge in [-0.2, -0.15) is 10.4 Å². The summed E-state index contributed by atoms with van der Waals surface area (Å²) in [6.07, 6.45) is 0. The van der Waals surface area contributed by atoms with Gasteiger partial charge in [0, 0.05) is 6.07 Å². The Morgan fingerprint density at radius 1 is 1.45 bits per heavy atom. The zero-order valence-electron chi connectivity index (χ0n) is 11.6. The molecule has 0 spiro atoms. The summed E-state index contributed by atoms with van der Waals surface area (Å²) in [6.45, 7) is 1.46. The molecule has 0 saturated carbocycles. The van der Waals surface area contributed by atoms with E-state index in [-0.39, 0.29) is 28.5 Å². The maximum absolute atomic E-state index is 12.0. The van der Waals surface area contributed by atoms with Crippen molar-refractivity contribution in [2.45, 2.75) is 6.92 Å². The number of esters is 1. The quantitative estimate of drug-likeness (QED) is 0.791. The van der Waals surface area contributed by atoms with Gasteiger partial charge < -0.3 is 9.15 Å². The summed E-state index contributed by atoms with van der Waals surface area (Å²) < 4.78 is 9.78. The van der Waals surface area contributed by atoms with Crippen LogP contribution in [0.15, 0.2) is 21.3 Å². The van der Waals surface area contributed by atoms with Gasteiger partial charge in [0.25, 0.3) is 11.5 Å². The molecule has 9 nitrogen and oxygen atoms in total. The molecule has 0 unspecified atom stereocenters. The summed E-state index contributed by atoms with van der Waals surface area (Å²) in [7, 11) is 1.17. The van der Waals surface area contributed by atoms with Crippen molar-refractivity contribution in [2.24, 2.45) is 0 Å². The topological polar surface area (TPSA) is 138 Å². The summed E-state index contributed by atoms with van der Waals surface area (Å²) in [4.78, 5) is 34.5. The molecule has 0 aliphatic heterocycles. The average molecular weight is 302 g/mol. The number of hydrogen-bond donors (Lipinski definition) is 2. The van der Waals surface area contributed by atoms with E-state index in [1.165, 1.54) is 20.1 Å². The second-order valence-electron chi connectivity index (χ2n) is 4.10. The van der Waals surface area contributed by atoms with Crippen LogP contribution in [0.1, 0.15) is 32.2 Å². The van der Waals surface area contributed by atoms with E-state index < -0.39 is 17.4 Å². The minimum absolute atomic E-state index is 0.0604. The van der Waals surface area contributed by atoms with Crippen LogP contribution in [0.4, 0.5) is 5.88 Å². The summed E-state index contributed by atoms with van der Waals surface area (Å²) >= 11 is 0. The van der Waals surface area contributed by atoms with Gasteiger partial charge in [-0.25, -0.2) is 9.89 Å². The zero-order chi connectivity index (χ0) is 16.3. The van der Waals surface area contributed by atoms with Crippen molar-refractivity contribution in [3.05, 3.63) is 45.1 Å². The molecule has 1 amide bonds.